The zero-order valence-electron chi connectivity index (χ0n) is 15.4. The molecule has 1 aliphatic rings. The Labute approximate surface area is 158 Å². The highest BCUT2D eigenvalue weighted by atomic mass is 32.2. The molecule has 0 saturated carbocycles. The number of hydrogen-bond acceptors (Lipinski definition) is 5. The van der Waals surface area contributed by atoms with Crippen molar-refractivity contribution in [3.8, 4) is 0 Å². The third-order valence-electron chi connectivity index (χ3n) is 4.76. The Hall–Kier alpha value is -2.42. The van der Waals surface area contributed by atoms with Gasteiger partial charge in [0.1, 0.15) is 0 Å². The fourth-order valence-electron chi connectivity index (χ4n) is 2.94. The fraction of sp³-hybridized carbons (Fsp3) is 0.500. The molecule has 0 atom stereocenters. The number of nitrogens with zero attached hydrogens (tertiary/aromatic N) is 2. The van der Waals surface area contributed by atoms with Crippen LogP contribution in [0.1, 0.15) is 30.1 Å². The van der Waals surface area contributed by atoms with Gasteiger partial charge in [-0.15, -0.1) is 0 Å². The summed E-state index contributed by atoms with van der Waals surface area (Å²) in [6, 6.07) is 5.64. The number of carbonyl (C=O) groups is 3. The first-order valence-corrected chi connectivity index (χ1v) is 10.4. The lowest BCUT2D eigenvalue weighted by Crippen LogP contribution is -2.45. The van der Waals surface area contributed by atoms with Gasteiger partial charge in [-0.1, -0.05) is 6.92 Å². The van der Waals surface area contributed by atoms with Crippen LogP contribution in [-0.4, -0.2) is 73.5 Å². The number of carboxylic acids is 1. The van der Waals surface area contributed by atoms with Gasteiger partial charge in [0.15, 0.2) is 9.84 Å². The van der Waals surface area contributed by atoms with Gasteiger partial charge in [0.25, 0.3) is 5.91 Å². The number of likely N-dealkylation sites (tertiary alicyclic amines) is 1. The van der Waals surface area contributed by atoms with E-state index in [0.717, 1.165) is 0 Å². The van der Waals surface area contributed by atoms with Crippen molar-refractivity contribution >= 4 is 27.6 Å². The number of amides is 2. The molecule has 1 saturated heterocycles. The molecule has 0 unspecified atom stereocenters. The van der Waals surface area contributed by atoms with E-state index in [2.05, 4.69) is 0 Å². The molecule has 1 aromatic rings. The summed E-state index contributed by atoms with van der Waals surface area (Å²) < 4.78 is 23.6. The number of rotatable bonds is 6. The average Bonchev–Trinajstić information content (AvgIpc) is 2.67. The molecule has 1 N–H and O–H groups in total. The third-order valence-corrected chi connectivity index (χ3v) is 6.51. The maximum absolute atomic E-state index is 12.5. The lowest BCUT2D eigenvalue weighted by atomic mass is 9.97. The smallest absolute Gasteiger partial charge is 0.306 e. The summed E-state index contributed by atoms with van der Waals surface area (Å²) in [5, 5.41) is 9.00. The summed E-state index contributed by atoms with van der Waals surface area (Å²) in [4.78, 5) is 38.8. The van der Waals surface area contributed by atoms with E-state index >= 15 is 0 Å². The van der Waals surface area contributed by atoms with E-state index in [9.17, 15) is 22.8 Å². The Balaban J connectivity index is 1.95. The van der Waals surface area contributed by atoms with Crippen molar-refractivity contribution in [3.63, 3.8) is 0 Å². The molecule has 1 heterocycles. The van der Waals surface area contributed by atoms with Crippen molar-refractivity contribution in [2.75, 3.05) is 32.4 Å². The standard InChI is InChI=1S/C18H24N2O6S/c1-3-27(25,26)15-6-4-13(5-7-15)17(22)19(2)12-16(21)20-10-8-14(9-11-20)18(23)24/h4-7,14H,3,8-12H2,1-2H3,(H,23,24). The SMILES string of the molecule is CCS(=O)(=O)c1ccc(C(=O)N(C)CC(=O)N2CCC(C(=O)O)CC2)cc1. The second kappa shape index (κ2) is 8.51. The molecule has 1 aliphatic heterocycles. The van der Waals surface area contributed by atoms with Crippen LogP contribution in [0.4, 0.5) is 0 Å². The number of hydrogen-bond donors (Lipinski definition) is 1. The van der Waals surface area contributed by atoms with Crippen LogP contribution in [0.2, 0.25) is 0 Å². The van der Waals surface area contributed by atoms with Crippen molar-refractivity contribution in [1.82, 2.24) is 9.80 Å². The summed E-state index contributed by atoms with van der Waals surface area (Å²) in [6.07, 6.45) is 0.818. The molecule has 0 aromatic heterocycles. The molecule has 148 valence electrons. The van der Waals surface area contributed by atoms with E-state index in [0.29, 0.717) is 31.5 Å². The first-order valence-electron chi connectivity index (χ1n) is 8.74. The zero-order chi connectivity index (χ0) is 20.2. The maximum atomic E-state index is 12.5. The molecule has 2 rings (SSSR count). The third kappa shape index (κ3) is 5.06. The van der Waals surface area contributed by atoms with Gasteiger partial charge < -0.3 is 14.9 Å². The topological polar surface area (TPSA) is 112 Å². The van der Waals surface area contributed by atoms with Gasteiger partial charge in [0.05, 0.1) is 23.1 Å². The number of sulfone groups is 1. The first-order chi connectivity index (χ1) is 12.7. The van der Waals surface area contributed by atoms with Crippen LogP contribution >= 0.6 is 0 Å². The number of aliphatic carboxylic acids is 1. The van der Waals surface area contributed by atoms with E-state index in [-0.39, 0.29) is 29.0 Å². The Morgan fingerprint density at radius 1 is 1.15 bits per heavy atom. The minimum atomic E-state index is -3.33. The van der Waals surface area contributed by atoms with Gasteiger partial charge in [-0.3, -0.25) is 14.4 Å². The van der Waals surface area contributed by atoms with Gasteiger partial charge in [-0.2, -0.15) is 0 Å². The molecule has 8 nitrogen and oxygen atoms in total. The molecule has 0 radical (unpaired) electrons. The van der Waals surface area contributed by atoms with Gasteiger partial charge >= 0.3 is 5.97 Å². The fourth-order valence-corrected chi connectivity index (χ4v) is 3.83. The van der Waals surface area contributed by atoms with Gasteiger partial charge in [0.2, 0.25) is 5.91 Å². The van der Waals surface area contributed by atoms with Crippen molar-refractivity contribution in [2.45, 2.75) is 24.7 Å². The normalized spacial score (nSPS) is 15.4. The van der Waals surface area contributed by atoms with E-state index in [1.54, 1.807) is 11.8 Å². The first kappa shape index (κ1) is 20.9. The molecular weight excluding hydrogens is 372 g/mol. The quantitative estimate of drug-likeness (QED) is 0.764. The monoisotopic (exact) mass is 396 g/mol. The van der Waals surface area contributed by atoms with Crippen LogP contribution in [0.5, 0.6) is 0 Å². The minimum absolute atomic E-state index is 0.0206. The molecule has 0 aliphatic carbocycles. The molecule has 1 aromatic carbocycles. The minimum Gasteiger partial charge on any atom is -0.481 e. The van der Waals surface area contributed by atoms with Crippen molar-refractivity contribution in [1.29, 1.82) is 0 Å². The summed E-state index contributed by atoms with van der Waals surface area (Å²) >= 11 is 0. The summed E-state index contributed by atoms with van der Waals surface area (Å²) in [5.41, 5.74) is 0.296. The van der Waals surface area contributed by atoms with E-state index in [1.165, 1.54) is 36.2 Å². The number of likely N-dealkylation sites (N-methyl/N-ethyl adjacent to an activating group) is 1. The van der Waals surface area contributed by atoms with Crippen molar-refractivity contribution in [3.05, 3.63) is 29.8 Å². The van der Waals surface area contributed by atoms with Crippen LogP contribution in [0.25, 0.3) is 0 Å². The van der Waals surface area contributed by atoms with E-state index < -0.39 is 21.7 Å². The lowest BCUT2D eigenvalue weighted by molar-refractivity contribution is -0.145. The number of benzene rings is 1. The van der Waals surface area contributed by atoms with Crippen LogP contribution in [0.15, 0.2) is 29.2 Å². The molecule has 1 fully saturated rings. The Bertz CT molecular complexity index is 811. The summed E-state index contributed by atoms with van der Waals surface area (Å²) in [5.74, 6) is -1.91. The number of carbonyl (C=O) groups excluding carboxylic acids is 2. The maximum Gasteiger partial charge on any atom is 0.306 e. The highest BCUT2D eigenvalue weighted by Crippen LogP contribution is 2.18. The predicted octanol–water partition coefficient (Wildman–Crippen LogP) is 0.875. The van der Waals surface area contributed by atoms with Gasteiger partial charge in [-0.05, 0) is 37.1 Å². The molecule has 0 spiro atoms. The van der Waals surface area contributed by atoms with Crippen LogP contribution in [0.3, 0.4) is 0 Å². The highest BCUT2D eigenvalue weighted by molar-refractivity contribution is 7.91. The predicted molar refractivity (Wildman–Crippen MR) is 98.1 cm³/mol. The van der Waals surface area contributed by atoms with E-state index in [1.807, 2.05) is 0 Å². The summed E-state index contributed by atoms with van der Waals surface area (Å²) in [7, 11) is -1.83. The molecule has 9 heteroatoms. The molecular formula is C18H24N2O6S. The largest absolute Gasteiger partial charge is 0.481 e. The Kier molecular flexibility index (Phi) is 6.59. The number of piperidine rings is 1. The van der Waals surface area contributed by atoms with Crippen molar-refractivity contribution < 1.29 is 27.9 Å². The van der Waals surface area contributed by atoms with Crippen molar-refractivity contribution in [2.24, 2.45) is 5.92 Å². The summed E-state index contributed by atoms with van der Waals surface area (Å²) in [6.45, 7) is 2.15. The molecule has 27 heavy (non-hydrogen) atoms. The second-order valence-electron chi connectivity index (χ2n) is 6.58. The average molecular weight is 396 g/mol. The van der Waals surface area contributed by atoms with Gasteiger partial charge in [-0.25, -0.2) is 8.42 Å². The van der Waals surface area contributed by atoms with Crippen LogP contribution in [0, 0.1) is 5.92 Å². The van der Waals surface area contributed by atoms with Crippen LogP contribution < -0.4 is 0 Å². The zero-order valence-corrected chi connectivity index (χ0v) is 16.2. The molecule has 2 amide bonds. The lowest BCUT2D eigenvalue weighted by Gasteiger charge is -2.31. The highest BCUT2D eigenvalue weighted by Gasteiger charge is 2.28. The Morgan fingerprint density at radius 2 is 1.70 bits per heavy atom. The van der Waals surface area contributed by atoms with Gasteiger partial charge in [0, 0.05) is 25.7 Å². The van der Waals surface area contributed by atoms with Crippen LogP contribution in [-0.2, 0) is 19.4 Å². The second-order valence-corrected chi connectivity index (χ2v) is 8.86. The van der Waals surface area contributed by atoms with E-state index in [4.69, 9.17) is 5.11 Å². The Morgan fingerprint density at radius 3 is 2.19 bits per heavy atom. The number of carboxylic acid groups (broad SMARTS) is 1. The molecule has 0 bridgehead atoms.